The second kappa shape index (κ2) is 6.19. The van der Waals surface area contributed by atoms with Gasteiger partial charge < -0.3 is 14.6 Å². The van der Waals surface area contributed by atoms with Crippen LogP contribution in [0.2, 0.25) is 0 Å². The van der Waals surface area contributed by atoms with Gasteiger partial charge in [-0.3, -0.25) is 0 Å². The lowest BCUT2D eigenvalue weighted by Crippen LogP contribution is -2.09. The van der Waals surface area contributed by atoms with E-state index < -0.39 is 6.10 Å². The normalized spacial score (nSPS) is 15.0. The summed E-state index contributed by atoms with van der Waals surface area (Å²) in [6.07, 6.45) is 1.43. The molecule has 3 rings (SSSR count). The molecular weight excluding hydrogens is 264 g/mol. The van der Waals surface area contributed by atoms with Crippen molar-refractivity contribution in [2.24, 2.45) is 0 Å². The van der Waals surface area contributed by atoms with E-state index in [0.29, 0.717) is 6.61 Å². The van der Waals surface area contributed by atoms with E-state index in [1.807, 2.05) is 43.3 Å². The van der Waals surface area contributed by atoms with E-state index in [1.54, 1.807) is 0 Å². The van der Waals surface area contributed by atoms with E-state index in [-0.39, 0.29) is 0 Å². The molecule has 0 spiro atoms. The van der Waals surface area contributed by atoms with Gasteiger partial charge in [0.05, 0.1) is 13.2 Å². The van der Waals surface area contributed by atoms with Gasteiger partial charge in [0.2, 0.25) is 0 Å². The number of fused-ring (bicyclic) bond motifs is 1. The van der Waals surface area contributed by atoms with E-state index >= 15 is 0 Å². The molecule has 2 aromatic carbocycles. The Labute approximate surface area is 125 Å². The molecule has 1 atom stereocenters. The van der Waals surface area contributed by atoms with E-state index in [9.17, 15) is 5.11 Å². The lowest BCUT2D eigenvalue weighted by atomic mass is 9.97. The van der Waals surface area contributed by atoms with Crippen LogP contribution in [0, 0.1) is 0 Å². The molecule has 0 radical (unpaired) electrons. The van der Waals surface area contributed by atoms with E-state index in [2.05, 4.69) is 6.07 Å². The molecule has 3 nitrogen and oxygen atoms in total. The van der Waals surface area contributed by atoms with E-state index in [1.165, 1.54) is 5.56 Å². The number of ether oxygens (including phenoxy) is 2. The molecule has 1 aliphatic heterocycles. The SMILES string of the molecule is CCOc1ccc(C(O)c2ccc3c(c2)CCCO3)cc1. The average Bonchev–Trinajstić information content (AvgIpc) is 2.55. The zero-order valence-electron chi connectivity index (χ0n) is 12.2. The third kappa shape index (κ3) is 3.03. The Morgan fingerprint density at radius 2 is 1.90 bits per heavy atom. The van der Waals surface area contributed by atoms with Crippen molar-refractivity contribution in [3.63, 3.8) is 0 Å². The van der Waals surface area contributed by atoms with Crippen LogP contribution < -0.4 is 9.47 Å². The molecule has 1 aliphatic rings. The second-order valence-electron chi connectivity index (χ2n) is 5.22. The minimum atomic E-state index is -0.618. The fourth-order valence-electron chi connectivity index (χ4n) is 2.66. The summed E-state index contributed by atoms with van der Waals surface area (Å²) in [5.41, 5.74) is 2.96. The van der Waals surface area contributed by atoms with Crippen LogP contribution in [0.4, 0.5) is 0 Å². The van der Waals surface area contributed by atoms with Crippen LogP contribution in [-0.4, -0.2) is 18.3 Å². The van der Waals surface area contributed by atoms with Gasteiger partial charge in [-0.05, 0) is 60.7 Å². The smallest absolute Gasteiger partial charge is 0.122 e. The summed E-state index contributed by atoms with van der Waals surface area (Å²) in [6.45, 7) is 3.39. The first-order valence-electron chi connectivity index (χ1n) is 7.44. The number of benzene rings is 2. The Kier molecular flexibility index (Phi) is 4.11. The molecule has 0 saturated carbocycles. The van der Waals surface area contributed by atoms with Crippen LogP contribution in [-0.2, 0) is 6.42 Å². The number of aryl methyl sites for hydroxylation is 1. The van der Waals surface area contributed by atoms with Crippen molar-refractivity contribution in [1.82, 2.24) is 0 Å². The molecule has 3 heteroatoms. The number of aliphatic hydroxyl groups excluding tert-OH is 1. The Morgan fingerprint density at radius 1 is 1.14 bits per heavy atom. The highest BCUT2D eigenvalue weighted by atomic mass is 16.5. The number of hydrogen-bond donors (Lipinski definition) is 1. The van der Waals surface area contributed by atoms with Crippen LogP contribution in [0.25, 0.3) is 0 Å². The molecule has 0 aromatic heterocycles. The van der Waals surface area contributed by atoms with Gasteiger partial charge in [-0.2, -0.15) is 0 Å². The molecule has 0 bridgehead atoms. The quantitative estimate of drug-likeness (QED) is 0.934. The van der Waals surface area contributed by atoms with Gasteiger partial charge in [0.1, 0.15) is 17.6 Å². The van der Waals surface area contributed by atoms with Crippen LogP contribution in [0.1, 0.15) is 36.1 Å². The molecule has 1 heterocycles. The van der Waals surface area contributed by atoms with Gasteiger partial charge in [0.15, 0.2) is 0 Å². The van der Waals surface area contributed by atoms with Crippen LogP contribution >= 0.6 is 0 Å². The Hall–Kier alpha value is -2.00. The highest BCUT2D eigenvalue weighted by Crippen LogP contribution is 2.30. The van der Waals surface area contributed by atoms with Gasteiger partial charge in [-0.15, -0.1) is 0 Å². The lowest BCUT2D eigenvalue weighted by Gasteiger charge is -2.19. The minimum Gasteiger partial charge on any atom is -0.494 e. The zero-order valence-corrected chi connectivity index (χ0v) is 12.2. The van der Waals surface area contributed by atoms with Gasteiger partial charge in [-0.25, -0.2) is 0 Å². The second-order valence-corrected chi connectivity index (χ2v) is 5.22. The topological polar surface area (TPSA) is 38.7 Å². The fourth-order valence-corrected chi connectivity index (χ4v) is 2.66. The monoisotopic (exact) mass is 284 g/mol. The van der Waals surface area contributed by atoms with Gasteiger partial charge in [0.25, 0.3) is 0 Å². The van der Waals surface area contributed by atoms with Gasteiger partial charge >= 0.3 is 0 Å². The number of hydrogen-bond acceptors (Lipinski definition) is 3. The lowest BCUT2D eigenvalue weighted by molar-refractivity contribution is 0.219. The average molecular weight is 284 g/mol. The summed E-state index contributed by atoms with van der Waals surface area (Å²) in [4.78, 5) is 0. The highest BCUT2D eigenvalue weighted by molar-refractivity contribution is 5.42. The van der Waals surface area contributed by atoms with Gasteiger partial charge in [0, 0.05) is 0 Å². The number of rotatable bonds is 4. The Morgan fingerprint density at radius 3 is 2.67 bits per heavy atom. The maximum atomic E-state index is 10.5. The highest BCUT2D eigenvalue weighted by Gasteiger charge is 2.15. The summed E-state index contributed by atoms with van der Waals surface area (Å²) in [5.74, 6) is 1.77. The van der Waals surface area contributed by atoms with Gasteiger partial charge in [-0.1, -0.05) is 18.2 Å². The molecule has 0 amide bonds. The molecule has 0 aliphatic carbocycles. The molecular formula is C18H20O3. The van der Waals surface area contributed by atoms with Crippen molar-refractivity contribution in [3.8, 4) is 11.5 Å². The van der Waals surface area contributed by atoms with Crippen molar-refractivity contribution in [3.05, 3.63) is 59.2 Å². The summed E-state index contributed by atoms with van der Waals surface area (Å²) in [7, 11) is 0. The number of aliphatic hydroxyl groups is 1. The largest absolute Gasteiger partial charge is 0.494 e. The first-order chi connectivity index (χ1) is 10.3. The predicted octanol–water partition coefficient (Wildman–Crippen LogP) is 3.49. The van der Waals surface area contributed by atoms with Crippen molar-refractivity contribution in [1.29, 1.82) is 0 Å². The van der Waals surface area contributed by atoms with Crippen molar-refractivity contribution in [2.45, 2.75) is 25.9 Å². The van der Waals surface area contributed by atoms with E-state index in [0.717, 1.165) is 42.1 Å². The maximum Gasteiger partial charge on any atom is 0.122 e. The molecule has 0 saturated heterocycles. The van der Waals surface area contributed by atoms with Crippen LogP contribution in [0.15, 0.2) is 42.5 Å². The summed E-state index contributed by atoms with van der Waals surface area (Å²) < 4.78 is 11.0. The van der Waals surface area contributed by atoms with E-state index in [4.69, 9.17) is 9.47 Å². The Balaban J connectivity index is 1.82. The third-order valence-electron chi connectivity index (χ3n) is 3.76. The maximum absolute atomic E-state index is 10.5. The first-order valence-corrected chi connectivity index (χ1v) is 7.44. The summed E-state index contributed by atoms with van der Waals surface area (Å²) in [5, 5.41) is 10.5. The molecule has 1 N–H and O–H groups in total. The van der Waals surface area contributed by atoms with Crippen molar-refractivity contribution >= 4 is 0 Å². The molecule has 2 aromatic rings. The fraction of sp³-hybridized carbons (Fsp3) is 0.333. The molecule has 21 heavy (non-hydrogen) atoms. The minimum absolute atomic E-state index is 0.618. The van der Waals surface area contributed by atoms with Crippen LogP contribution in [0.5, 0.6) is 11.5 Å². The third-order valence-corrected chi connectivity index (χ3v) is 3.76. The Bertz CT molecular complexity index is 604. The van der Waals surface area contributed by atoms with Crippen molar-refractivity contribution < 1.29 is 14.6 Å². The van der Waals surface area contributed by atoms with Crippen LogP contribution in [0.3, 0.4) is 0 Å². The first kappa shape index (κ1) is 14.0. The molecule has 0 fully saturated rings. The summed E-state index contributed by atoms with van der Waals surface area (Å²) >= 11 is 0. The summed E-state index contributed by atoms with van der Waals surface area (Å²) in [6, 6.07) is 13.5. The predicted molar refractivity (Wildman–Crippen MR) is 81.9 cm³/mol. The van der Waals surface area contributed by atoms with Crippen molar-refractivity contribution in [2.75, 3.05) is 13.2 Å². The standard InChI is InChI=1S/C18H20O3/c1-2-20-16-8-5-13(6-9-16)18(19)15-7-10-17-14(12-15)4-3-11-21-17/h5-10,12,18-19H,2-4,11H2,1H3. The molecule has 1 unspecified atom stereocenters. The molecule has 110 valence electrons. The zero-order chi connectivity index (χ0) is 14.7.